The van der Waals surface area contributed by atoms with Crippen LogP contribution in [0.25, 0.3) is 0 Å². The largest absolute Gasteiger partial charge is 0.495 e. The van der Waals surface area contributed by atoms with Crippen LogP contribution >= 0.6 is 0 Å². The van der Waals surface area contributed by atoms with E-state index in [0.29, 0.717) is 11.7 Å². The van der Waals surface area contributed by atoms with E-state index in [1.165, 1.54) is 7.11 Å². The topological polar surface area (TPSA) is 68.3 Å². The first-order valence-electron chi connectivity index (χ1n) is 7.00. The Balaban J connectivity index is 2.25. The van der Waals surface area contributed by atoms with E-state index in [1.807, 2.05) is 19.9 Å². The van der Waals surface area contributed by atoms with Gasteiger partial charge in [-0.1, -0.05) is 19.9 Å². The minimum absolute atomic E-state index is 0.147. The van der Waals surface area contributed by atoms with Crippen molar-refractivity contribution in [2.45, 2.75) is 31.2 Å². The predicted molar refractivity (Wildman–Crippen MR) is 85.3 cm³/mol. The second-order valence-electron chi connectivity index (χ2n) is 5.25. The zero-order valence-electron chi connectivity index (χ0n) is 12.9. The van der Waals surface area contributed by atoms with Gasteiger partial charge >= 0.3 is 0 Å². The molecule has 0 aliphatic rings. The normalized spacial score (nSPS) is 11.6. The third kappa shape index (κ3) is 3.84. The van der Waals surface area contributed by atoms with Gasteiger partial charge in [-0.15, -0.1) is 0 Å². The number of ether oxygens (including phenoxy) is 1. The predicted octanol–water partition coefficient (Wildman–Crippen LogP) is 2.69. The van der Waals surface area contributed by atoms with E-state index in [9.17, 15) is 8.42 Å². The fourth-order valence-electron chi connectivity index (χ4n) is 2.02. The van der Waals surface area contributed by atoms with Crippen molar-refractivity contribution < 1.29 is 13.2 Å². The third-order valence-electron chi connectivity index (χ3n) is 3.36. The summed E-state index contributed by atoms with van der Waals surface area (Å²) in [5, 5.41) is 0. The Labute approximate surface area is 131 Å². The highest BCUT2D eigenvalue weighted by Crippen LogP contribution is 2.28. The van der Waals surface area contributed by atoms with Gasteiger partial charge in [0.1, 0.15) is 10.6 Å². The highest BCUT2D eigenvalue weighted by molar-refractivity contribution is 7.89. The van der Waals surface area contributed by atoms with E-state index in [4.69, 9.17) is 4.74 Å². The number of sulfonamides is 1. The fraction of sp³-hybridized carbons (Fsp3) is 0.312. The Kier molecular flexibility index (Phi) is 5.15. The van der Waals surface area contributed by atoms with E-state index < -0.39 is 10.0 Å². The van der Waals surface area contributed by atoms with Crippen molar-refractivity contribution in [2.75, 3.05) is 7.11 Å². The van der Waals surface area contributed by atoms with Crippen LogP contribution < -0.4 is 9.46 Å². The molecule has 22 heavy (non-hydrogen) atoms. The zero-order valence-corrected chi connectivity index (χ0v) is 13.7. The first-order valence-corrected chi connectivity index (χ1v) is 8.49. The van der Waals surface area contributed by atoms with Crippen molar-refractivity contribution in [3.05, 3.63) is 53.9 Å². The molecule has 2 aromatic rings. The van der Waals surface area contributed by atoms with Crippen molar-refractivity contribution in [1.29, 1.82) is 0 Å². The first-order chi connectivity index (χ1) is 10.4. The third-order valence-corrected chi connectivity index (χ3v) is 4.80. The van der Waals surface area contributed by atoms with Crippen LogP contribution in [0.5, 0.6) is 5.75 Å². The smallest absolute Gasteiger partial charge is 0.244 e. The van der Waals surface area contributed by atoms with E-state index >= 15 is 0 Å². The van der Waals surface area contributed by atoms with Gasteiger partial charge in [0.25, 0.3) is 0 Å². The molecule has 0 unspecified atom stereocenters. The van der Waals surface area contributed by atoms with Gasteiger partial charge in [-0.05, 0) is 41.3 Å². The quantitative estimate of drug-likeness (QED) is 0.888. The molecule has 2 rings (SSSR count). The van der Waals surface area contributed by atoms with Crippen molar-refractivity contribution >= 4 is 10.0 Å². The second kappa shape index (κ2) is 6.89. The Morgan fingerprint density at radius 3 is 2.45 bits per heavy atom. The summed E-state index contributed by atoms with van der Waals surface area (Å²) >= 11 is 0. The average Bonchev–Trinajstić information content (AvgIpc) is 2.53. The van der Waals surface area contributed by atoms with Crippen LogP contribution in [0.1, 0.15) is 30.9 Å². The summed E-state index contributed by atoms with van der Waals surface area (Å²) in [6, 6.07) is 8.70. The molecule has 0 fully saturated rings. The summed E-state index contributed by atoms with van der Waals surface area (Å²) in [4.78, 5) is 4.05. The van der Waals surface area contributed by atoms with Crippen LogP contribution in [0.2, 0.25) is 0 Å². The standard InChI is InChI=1S/C16H20N2O3S/c1-12(2)14-4-5-16(15(10-14)21-3)22(19,20)18-11-13-6-8-17-9-7-13/h4-10,12,18H,11H2,1-3H3. The van der Waals surface area contributed by atoms with Gasteiger partial charge in [0.05, 0.1) is 7.11 Å². The molecule has 0 bridgehead atoms. The lowest BCUT2D eigenvalue weighted by molar-refractivity contribution is 0.401. The number of nitrogens with one attached hydrogen (secondary N) is 1. The van der Waals surface area contributed by atoms with Crippen LogP contribution in [-0.2, 0) is 16.6 Å². The Bertz CT molecular complexity index is 728. The number of nitrogens with zero attached hydrogens (tertiary/aromatic N) is 1. The molecular formula is C16H20N2O3S. The minimum atomic E-state index is -3.64. The van der Waals surface area contributed by atoms with Crippen molar-refractivity contribution in [3.63, 3.8) is 0 Å². The molecule has 1 aromatic heterocycles. The van der Waals surface area contributed by atoms with E-state index in [0.717, 1.165) is 11.1 Å². The number of hydrogen-bond donors (Lipinski definition) is 1. The van der Waals surface area contributed by atoms with E-state index in [2.05, 4.69) is 9.71 Å². The van der Waals surface area contributed by atoms with Crippen LogP contribution in [0.15, 0.2) is 47.6 Å². The Morgan fingerprint density at radius 1 is 1.18 bits per heavy atom. The van der Waals surface area contributed by atoms with Gasteiger partial charge in [-0.25, -0.2) is 13.1 Å². The van der Waals surface area contributed by atoms with Crippen molar-refractivity contribution in [2.24, 2.45) is 0 Å². The lowest BCUT2D eigenvalue weighted by Gasteiger charge is -2.13. The maximum absolute atomic E-state index is 12.5. The summed E-state index contributed by atoms with van der Waals surface area (Å²) in [7, 11) is -2.17. The molecule has 0 aliphatic heterocycles. The number of methoxy groups -OCH3 is 1. The summed E-state index contributed by atoms with van der Waals surface area (Å²) in [6.07, 6.45) is 3.25. The molecule has 118 valence electrons. The Hall–Kier alpha value is -1.92. The molecule has 0 spiro atoms. The van der Waals surface area contributed by atoms with Crippen LogP contribution in [0.3, 0.4) is 0 Å². The van der Waals surface area contributed by atoms with Gasteiger partial charge in [0, 0.05) is 18.9 Å². The molecular weight excluding hydrogens is 300 g/mol. The lowest BCUT2D eigenvalue weighted by atomic mass is 10.0. The molecule has 1 heterocycles. The highest BCUT2D eigenvalue weighted by atomic mass is 32.2. The van der Waals surface area contributed by atoms with E-state index in [1.54, 1.807) is 36.7 Å². The number of hydrogen-bond acceptors (Lipinski definition) is 4. The van der Waals surface area contributed by atoms with Crippen LogP contribution in [0, 0.1) is 0 Å². The molecule has 5 nitrogen and oxygen atoms in total. The zero-order chi connectivity index (χ0) is 16.2. The molecule has 0 amide bonds. The van der Waals surface area contributed by atoms with Gasteiger partial charge in [-0.2, -0.15) is 0 Å². The SMILES string of the molecule is COc1cc(C(C)C)ccc1S(=O)(=O)NCc1ccncc1. The second-order valence-corrected chi connectivity index (χ2v) is 6.98. The summed E-state index contributed by atoms with van der Waals surface area (Å²) in [5.41, 5.74) is 1.88. The van der Waals surface area contributed by atoms with Gasteiger partial charge in [-0.3, -0.25) is 4.98 Å². The molecule has 1 N–H and O–H groups in total. The van der Waals surface area contributed by atoms with Crippen molar-refractivity contribution in [3.8, 4) is 5.75 Å². The summed E-state index contributed by atoms with van der Waals surface area (Å²) in [6.45, 7) is 4.30. The maximum Gasteiger partial charge on any atom is 0.244 e. The monoisotopic (exact) mass is 320 g/mol. The van der Waals surface area contributed by atoms with E-state index in [-0.39, 0.29) is 11.4 Å². The maximum atomic E-state index is 12.5. The van der Waals surface area contributed by atoms with Gasteiger partial charge < -0.3 is 4.74 Å². The first kappa shape index (κ1) is 16.5. The number of aromatic nitrogens is 1. The number of benzene rings is 1. The summed E-state index contributed by atoms with van der Waals surface area (Å²) in [5.74, 6) is 0.656. The molecule has 0 saturated heterocycles. The molecule has 0 atom stereocenters. The molecule has 0 radical (unpaired) electrons. The highest BCUT2D eigenvalue weighted by Gasteiger charge is 2.20. The Morgan fingerprint density at radius 2 is 1.86 bits per heavy atom. The number of rotatable bonds is 6. The van der Waals surface area contributed by atoms with Gasteiger partial charge in [0.2, 0.25) is 10.0 Å². The average molecular weight is 320 g/mol. The molecule has 0 saturated carbocycles. The molecule has 0 aliphatic carbocycles. The summed E-state index contributed by atoms with van der Waals surface area (Å²) < 4.78 is 32.7. The van der Waals surface area contributed by atoms with Crippen LogP contribution in [0.4, 0.5) is 0 Å². The van der Waals surface area contributed by atoms with Gasteiger partial charge in [0.15, 0.2) is 0 Å². The minimum Gasteiger partial charge on any atom is -0.495 e. The molecule has 1 aromatic carbocycles. The van der Waals surface area contributed by atoms with Crippen LogP contribution in [-0.4, -0.2) is 20.5 Å². The number of pyridine rings is 1. The lowest BCUT2D eigenvalue weighted by Crippen LogP contribution is -2.23. The fourth-order valence-corrected chi connectivity index (χ4v) is 3.19. The van der Waals surface area contributed by atoms with Crippen molar-refractivity contribution in [1.82, 2.24) is 9.71 Å². The molecule has 6 heteroatoms.